The number of aromatic nitrogens is 2. The van der Waals surface area contributed by atoms with Gasteiger partial charge in [-0.3, -0.25) is 0 Å². The molecule has 0 bridgehead atoms. The normalized spacial score (nSPS) is 11.0. The van der Waals surface area contributed by atoms with Crippen molar-refractivity contribution in [3.05, 3.63) is 28.7 Å². The van der Waals surface area contributed by atoms with Gasteiger partial charge in [0.1, 0.15) is 5.76 Å². The number of alkyl halides is 2. The van der Waals surface area contributed by atoms with Crippen LogP contribution in [0.2, 0.25) is 0 Å². The molecule has 0 atom stereocenters. The van der Waals surface area contributed by atoms with Gasteiger partial charge in [0.15, 0.2) is 5.01 Å². The molecule has 86 valence electrons. The van der Waals surface area contributed by atoms with Crippen LogP contribution in [0.4, 0.5) is 13.9 Å². The lowest BCUT2D eigenvalue weighted by molar-refractivity contribution is 0.150. The fourth-order valence-corrected chi connectivity index (χ4v) is 1.73. The minimum Gasteiger partial charge on any atom is -0.467 e. The van der Waals surface area contributed by atoms with Gasteiger partial charge in [0, 0.05) is 0 Å². The highest BCUT2D eigenvalue weighted by molar-refractivity contribution is 7.15. The Labute approximate surface area is 94.3 Å². The van der Waals surface area contributed by atoms with Crippen molar-refractivity contribution in [2.75, 3.05) is 5.32 Å². The molecule has 0 spiro atoms. The highest BCUT2D eigenvalue weighted by Gasteiger charge is 2.14. The fourth-order valence-electron chi connectivity index (χ4n) is 1.14. The maximum absolute atomic E-state index is 12.2. The van der Waals surface area contributed by atoms with Crippen LogP contribution in [0.15, 0.2) is 16.7 Å². The third-order valence-electron chi connectivity index (χ3n) is 2.00. The summed E-state index contributed by atoms with van der Waals surface area (Å²) in [5.41, 5.74) is 1.01. The molecule has 0 aliphatic carbocycles. The third-order valence-corrected chi connectivity index (χ3v) is 2.88. The van der Waals surface area contributed by atoms with E-state index in [2.05, 4.69) is 15.5 Å². The molecule has 4 nitrogen and oxygen atoms in total. The second-order valence-electron chi connectivity index (χ2n) is 3.13. The van der Waals surface area contributed by atoms with Crippen LogP contribution in [-0.2, 0) is 6.54 Å². The Morgan fingerprint density at radius 2 is 2.31 bits per heavy atom. The zero-order chi connectivity index (χ0) is 11.5. The summed E-state index contributed by atoms with van der Waals surface area (Å²) in [5, 5.41) is 9.93. The Morgan fingerprint density at radius 1 is 1.50 bits per heavy atom. The number of anilines is 1. The molecule has 2 aromatic heterocycles. The lowest BCUT2D eigenvalue weighted by atomic mass is 10.3. The maximum Gasteiger partial charge on any atom is 0.291 e. The molecule has 0 aromatic carbocycles. The van der Waals surface area contributed by atoms with Crippen LogP contribution < -0.4 is 5.32 Å². The summed E-state index contributed by atoms with van der Waals surface area (Å²) in [7, 11) is 0. The summed E-state index contributed by atoms with van der Waals surface area (Å²) >= 11 is 0.844. The van der Waals surface area contributed by atoms with E-state index in [1.165, 1.54) is 0 Å². The predicted molar refractivity (Wildman–Crippen MR) is 55.6 cm³/mol. The van der Waals surface area contributed by atoms with E-state index in [1.807, 2.05) is 13.0 Å². The van der Waals surface area contributed by atoms with Gasteiger partial charge in [-0.15, -0.1) is 10.2 Å². The first kappa shape index (κ1) is 11.0. The van der Waals surface area contributed by atoms with Gasteiger partial charge in [-0.25, -0.2) is 8.78 Å². The molecule has 0 aliphatic heterocycles. The molecule has 0 unspecified atom stereocenters. The van der Waals surface area contributed by atoms with Crippen LogP contribution in [0.5, 0.6) is 0 Å². The van der Waals surface area contributed by atoms with Gasteiger partial charge in [0.25, 0.3) is 6.43 Å². The number of aryl methyl sites for hydroxylation is 1. The van der Waals surface area contributed by atoms with Gasteiger partial charge in [0.2, 0.25) is 5.13 Å². The zero-order valence-corrected chi connectivity index (χ0v) is 9.22. The molecule has 0 saturated heterocycles. The summed E-state index contributed by atoms with van der Waals surface area (Å²) in [6, 6.07) is 1.84. The average molecular weight is 245 g/mol. The number of nitrogens with one attached hydrogen (secondary N) is 1. The van der Waals surface area contributed by atoms with Crippen LogP contribution >= 0.6 is 11.3 Å². The first-order chi connectivity index (χ1) is 7.66. The second kappa shape index (κ2) is 4.56. The molecule has 0 radical (unpaired) electrons. The molecular weight excluding hydrogens is 236 g/mol. The van der Waals surface area contributed by atoms with Crippen LogP contribution in [-0.4, -0.2) is 10.2 Å². The number of halogens is 2. The van der Waals surface area contributed by atoms with E-state index in [-0.39, 0.29) is 5.01 Å². The lowest BCUT2D eigenvalue weighted by Gasteiger charge is -1.99. The second-order valence-corrected chi connectivity index (χ2v) is 4.14. The number of hydrogen-bond acceptors (Lipinski definition) is 5. The van der Waals surface area contributed by atoms with E-state index < -0.39 is 6.43 Å². The molecule has 2 heterocycles. The highest BCUT2D eigenvalue weighted by atomic mass is 32.1. The molecule has 7 heteroatoms. The van der Waals surface area contributed by atoms with Crippen LogP contribution in [0, 0.1) is 6.92 Å². The fraction of sp³-hybridized carbons (Fsp3) is 0.333. The van der Waals surface area contributed by atoms with Gasteiger partial charge < -0.3 is 9.73 Å². The van der Waals surface area contributed by atoms with Crippen molar-refractivity contribution in [1.82, 2.24) is 10.2 Å². The Hall–Kier alpha value is -1.50. The van der Waals surface area contributed by atoms with E-state index >= 15 is 0 Å². The van der Waals surface area contributed by atoms with E-state index in [0.717, 1.165) is 22.7 Å². The Kier molecular flexibility index (Phi) is 3.14. The van der Waals surface area contributed by atoms with E-state index in [1.54, 1.807) is 6.26 Å². The van der Waals surface area contributed by atoms with Crippen molar-refractivity contribution in [2.45, 2.75) is 19.9 Å². The molecule has 2 rings (SSSR count). The van der Waals surface area contributed by atoms with Crippen LogP contribution in [0.3, 0.4) is 0 Å². The van der Waals surface area contributed by atoms with Crippen molar-refractivity contribution in [2.24, 2.45) is 0 Å². The minimum absolute atomic E-state index is 0.279. The molecule has 2 aromatic rings. The van der Waals surface area contributed by atoms with Crippen molar-refractivity contribution < 1.29 is 13.2 Å². The first-order valence-electron chi connectivity index (χ1n) is 4.55. The topological polar surface area (TPSA) is 51.0 Å². The van der Waals surface area contributed by atoms with E-state index in [4.69, 9.17) is 4.42 Å². The summed E-state index contributed by atoms with van der Waals surface area (Å²) in [5.74, 6) is 0.758. The van der Waals surface area contributed by atoms with Gasteiger partial charge >= 0.3 is 0 Å². The van der Waals surface area contributed by atoms with Crippen molar-refractivity contribution in [3.8, 4) is 0 Å². The third kappa shape index (κ3) is 2.35. The summed E-state index contributed by atoms with van der Waals surface area (Å²) in [6.45, 7) is 2.32. The van der Waals surface area contributed by atoms with E-state index in [9.17, 15) is 8.78 Å². The molecule has 0 saturated carbocycles. The first-order valence-corrected chi connectivity index (χ1v) is 5.37. The van der Waals surface area contributed by atoms with Gasteiger partial charge in [0.05, 0.1) is 12.8 Å². The van der Waals surface area contributed by atoms with Crippen molar-refractivity contribution in [1.29, 1.82) is 0 Å². The predicted octanol–water partition coefficient (Wildman–Crippen LogP) is 2.99. The lowest BCUT2D eigenvalue weighted by Crippen LogP contribution is -1.98. The van der Waals surface area contributed by atoms with Gasteiger partial charge in [-0.05, 0) is 18.6 Å². The number of furan rings is 1. The largest absolute Gasteiger partial charge is 0.467 e. The quantitative estimate of drug-likeness (QED) is 0.899. The summed E-state index contributed by atoms with van der Waals surface area (Å²) in [6.07, 6.45) is -0.991. The van der Waals surface area contributed by atoms with Crippen LogP contribution in [0.25, 0.3) is 0 Å². The number of rotatable bonds is 4. The Bertz CT molecular complexity index is 469. The Balaban J connectivity index is 1.97. The molecular formula is C9H9F2N3OS. The van der Waals surface area contributed by atoms with Crippen molar-refractivity contribution in [3.63, 3.8) is 0 Å². The molecule has 1 N–H and O–H groups in total. The Morgan fingerprint density at radius 3 is 2.88 bits per heavy atom. The summed E-state index contributed by atoms with van der Waals surface area (Å²) in [4.78, 5) is 0. The average Bonchev–Trinajstić information content (AvgIpc) is 2.83. The van der Waals surface area contributed by atoms with E-state index in [0.29, 0.717) is 11.7 Å². The standard InChI is InChI=1S/C9H9F2N3OS/c1-5-2-3-15-6(5)4-12-9-14-13-8(16-9)7(10)11/h2-3,7H,4H2,1H3,(H,12,14). The van der Waals surface area contributed by atoms with Gasteiger partial charge in [-0.2, -0.15) is 0 Å². The van der Waals surface area contributed by atoms with Crippen LogP contribution in [0.1, 0.15) is 22.8 Å². The number of hydrogen-bond donors (Lipinski definition) is 1. The molecule has 0 aliphatic rings. The molecule has 0 amide bonds. The minimum atomic E-state index is -2.57. The highest BCUT2D eigenvalue weighted by Crippen LogP contribution is 2.25. The SMILES string of the molecule is Cc1ccoc1CNc1nnc(C(F)F)s1. The maximum atomic E-state index is 12.2. The van der Waals surface area contributed by atoms with Crippen molar-refractivity contribution >= 4 is 16.5 Å². The monoisotopic (exact) mass is 245 g/mol. The molecule has 16 heavy (non-hydrogen) atoms. The zero-order valence-electron chi connectivity index (χ0n) is 8.41. The number of nitrogens with zero attached hydrogens (tertiary/aromatic N) is 2. The summed E-state index contributed by atoms with van der Waals surface area (Å²) < 4.78 is 29.6. The van der Waals surface area contributed by atoms with Gasteiger partial charge in [-0.1, -0.05) is 11.3 Å². The smallest absolute Gasteiger partial charge is 0.291 e. The molecule has 0 fully saturated rings.